The number of nitrogens with one attached hydrogen (secondary N) is 1. The molecule has 0 aliphatic heterocycles. The van der Waals surface area contributed by atoms with E-state index in [2.05, 4.69) is 51.4 Å². The largest absolute Gasteiger partial charge is 0.465 e. The summed E-state index contributed by atoms with van der Waals surface area (Å²) in [5, 5.41) is 13.3. The number of carbonyl (C=O) groups is 1. The number of aromatic amines is 1. The molecule has 182 valence electrons. The lowest BCUT2D eigenvalue weighted by Crippen LogP contribution is -2.39. The fourth-order valence-electron chi connectivity index (χ4n) is 5.23. The molecule has 1 aromatic carbocycles. The van der Waals surface area contributed by atoms with Gasteiger partial charge in [-0.05, 0) is 73.5 Å². The summed E-state index contributed by atoms with van der Waals surface area (Å²) in [6.07, 6.45) is 5.22. The van der Waals surface area contributed by atoms with Crippen molar-refractivity contribution in [1.82, 2.24) is 30.1 Å². The molecule has 1 fully saturated rings. The molecule has 0 bridgehead atoms. The average Bonchev–Trinajstić information content (AvgIpc) is 3.47. The molecule has 1 aliphatic rings. The lowest BCUT2D eigenvalue weighted by Gasteiger charge is -2.35. The van der Waals surface area contributed by atoms with Crippen molar-refractivity contribution in [2.75, 3.05) is 6.61 Å². The van der Waals surface area contributed by atoms with Crippen molar-refractivity contribution in [2.24, 2.45) is 0 Å². The van der Waals surface area contributed by atoms with Crippen LogP contribution in [-0.4, -0.2) is 48.7 Å². The number of hydrogen-bond acceptors (Lipinski definition) is 7. The highest BCUT2D eigenvalue weighted by Crippen LogP contribution is 2.33. The lowest BCUT2D eigenvalue weighted by atomic mass is 10.0. The number of rotatable bonds is 9. The summed E-state index contributed by atoms with van der Waals surface area (Å²) in [5.41, 5.74) is 3.78. The van der Waals surface area contributed by atoms with Gasteiger partial charge in [-0.3, -0.25) is 14.5 Å². The molecule has 1 atom stereocenters. The lowest BCUT2D eigenvalue weighted by molar-refractivity contribution is -0.144. The van der Waals surface area contributed by atoms with Crippen molar-refractivity contribution in [3.63, 3.8) is 0 Å². The second kappa shape index (κ2) is 10.5. The Morgan fingerprint density at radius 1 is 1.24 bits per heavy atom. The molecule has 3 aromatic rings. The van der Waals surface area contributed by atoms with Gasteiger partial charge in [0, 0.05) is 18.2 Å². The van der Waals surface area contributed by atoms with Gasteiger partial charge < -0.3 is 9.72 Å². The van der Waals surface area contributed by atoms with E-state index in [4.69, 9.17) is 4.74 Å². The second-order valence-corrected chi connectivity index (χ2v) is 9.20. The number of fused-ring (bicyclic) bond motifs is 1. The first kappa shape index (κ1) is 24.1. The quantitative estimate of drug-likeness (QED) is 0.480. The maximum Gasteiger partial charge on any atom is 0.327 e. The summed E-state index contributed by atoms with van der Waals surface area (Å²) in [5.74, 6) is 0.265. The van der Waals surface area contributed by atoms with Crippen LogP contribution in [0, 0.1) is 13.8 Å². The SMILES string of the molecule is CCOC(=O)Cn1nnnc1[C@@H](CC)N(Cc1cc2cc(C)cc(C)c2[nH]c1=O)C1CCCC1. The minimum Gasteiger partial charge on any atom is -0.465 e. The van der Waals surface area contributed by atoms with Crippen LogP contribution >= 0.6 is 0 Å². The number of carbonyl (C=O) groups excluding carboxylic acids is 1. The number of pyridine rings is 1. The highest BCUT2D eigenvalue weighted by molar-refractivity contribution is 5.82. The Kier molecular flexibility index (Phi) is 7.41. The maximum absolute atomic E-state index is 13.1. The molecule has 1 aliphatic carbocycles. The van der Waals surface area contributed by atoms with Crippen molar-refractivity contribution in [1.29, 1.82) is 0 Å². The minimum atomic E-state index is -0.366. The van der Waals surface area contributed by atoms with Crippen LogP contribution in [-0.2, 0) is 22.6 Å². The predicted octanol–water partition coefficient (Wildman–Crippen LogP) is 3.59. The van der Waals surface area contributed by atoms with Gasteiger partial charge in [0.15, 0.2) is 5.82 Å². The van der Waals surface area contributed by atoms with Gasteiger partial charge in [0.25, 0.3) is 5.56 Å². The van der Waals surface area contributed by atoms with E-state index in [-0.39, 0.29) is 24.1 Å². The van der Waals surface area contributed by atoms with E-state index < -0.39 is 0 Å². The van der Waals surface area contributed by atoms with Crippen LogP contribution in [0.1, 0.15) is 74.5 Å². The predicted molar refractivity (Wildman–Crippen MR) is 129 cm³/mol. The second-order valence-electron chi connectivity index (χ2n) is 9.20. The topological polar surface area (TPSA) is 106 Å². The Hall–Kier alpha value is -3.07. The van der Waals surface area contributed by atoms with Gasteiger partial charge in [0.2, 0.25) is 0 Å². The summed E-state index contributed by atoms with van der Waals surface area (Å²) < 4.78 is 6.63. The average molecular weight is 467 g/mol. The van der Waals surface area contributed by atoms with Crippen molar-refractivity contribution >= 4 is 16.9 Å². The Morgan fingerprint density at radius 3 is 2.71 bits per heavy atom. The Morgan fingerprint density at radius 2 is 2.00 bits per heavy atom. The maximum atomic E-state index is 13.1. The van der Waals surface area contributed by atoms with Crippen LogP contribution in [0.4, 0.5) is 0 Å². The normalized spacial score (nSPS) is 15.3. The van der Waals surface area contributed by atoms with E-state index in [0.29, 0.717) is 25.0 Å². The third kappa shape index (κ3) is 5.04. The molecule has 0 unspecified atom stereocenters. The van der Waals surface area contributed by atoms with Crippen LogP contribution in [0.5, 0.6) is 0 Å². The first-order valence-corrected chi connectivity index (χ1v) is 12.2. The number of tetrazole rings is 1. The summed E-state index contributed by atoms with van der Waals surface area (Å²) in [6, 6.07) is 6.41. The number of benzene rings is 1. The number of nitrogens with zero attached hydrogens (tertiary/aromatic N) is 5. The molecule has 34 heavy (non-hydrogen) atoms. The van der Waals surface area contributed by atoms with Crippen LogP contribution in [0.25, 0.3) is 10.9 Å². The number of aromatic nitrogens is 5. The summed E-state index contributed by atoms with van der Waals surface area (Å²) in [4.78, 5) is 30.7. The molecule has 9 heteroatoms. The first-order chi connectivity index (χ1) is 16.4. The van der Waals surface area contributed by atoms with E-state index in [1.807, 2.05) is 13.0 Å². The molecule has 0 amide bonds. The smallest absolute Gasteiger partial charge is 0.327 e. The van der Waals surface area contributed by atoms with Crippen LogP contribution in [0.3, 0.4) is 0 Å². The number of aryl methyl sites for hydroxylation is 2. The highest BCUT2D eigenvalue weighted by Gasteiger charge is 2.33. The third-order valence-corrected chi connectivity index (χ3v) is 6.75. The fourth-order valence-corrected chi connectivity index (χ4v) is 5.23. The number of H-pyrrole nitrogens is 1. The Labute approximate surface area is 199 Å². The van der Waals surface area contributed by atoms with Crippen molar-refractivity contribution in [3.8, 4) is 0 Å². The van der Waals surface area contributed by atoms with Crippen molar-refractivity contribution in [2.45, 2.75) is 85.0 Å². The van der Waals surface area contributed by atoms with Gasteiger partial charge in [-0.2, -0.15) is 0 Å². The standard InChI is InChI=1S/C25H34N6O3/c1-5-21(24-27-28-29-31(24)15-22(32)34-6-2)30(20-9-7-8-10-20)14-19-13-18-12-16(3)11-17(4)23(18)26-25(19)33/h11-13,20-21H,5-10,14-15H2,1-4H3,(H,26,33)/t21-/m1/s1. The van der Waals surface area contributed by atoms with Gasteiger partial charge in [0.1, 0.15) is 6.54 Å². The zero-order valence-electron chi connectivity index (χ0n) is 20.5. The molecule has 2 heterocycles. The Bertz CT molecular complexity index is 1210. The van der Waals surface area contributed by atoms with Crippen LogP contribution in [0.2, 0.25) is 0 Å². The van der Waals surface area contributed by atoms with E-state index in [0.717, 1.165) is 54.1 Å². The van der Waals surface area contributed by atoms with Crippen molar-refractivity contribution < 1.29 is 9.53 Å². The molecule has 0 saturated heterocycles. The van der Waals surface area contributed by atoms with E-state index in [1.165, 1.54) is 10.2 Å². The van der Waals surface area contributed by atoms with Gasteiger partial charge in [-0.1, -0.05) is 31.4 Å². The molecule has 9 nitrogen and oxygen atoms in total. The molecule has 1 N–H and O–H groups in total. The fraction of sp³-hybridized carbons (Fsp3) is 0.560. The van der Waals surface area contributed by atoms with Crippen molar-refractivity contribution in [3.05, 3.63) is 51.1 Å². The van der Waals surface area contributed by atoms with Gasteiger partial charge in [-0.25, -0.2) is 4.68 Å². The van der Waals surface area contributed by atoms with E-state index >= 15 is 0 Å². The first-order valence-electron chi connectivity index (χ1n) is 12.2. The van der Waals surface area contributed by atoms with E-state index in [1.54, 1.807) is 6.92 Å². The van der Waals surface area contributed by atoms with Crippen LogP contribution in [0.15, 0.2) is 23.0 Å². The number of esters is 1. The minimum absolute atomic E-state index is 0.0275. The molecule has 0 radical (unpaired) electrons. The molecule has 2 aromatic heterocycles. The molecule has 0 spiro atoms. The number of ether oxygens (including phenoxy) is 1. The number of hydrogen-bond donors (Lipinski definition) is 1. The summed E-state index contributed by atoms with van der Waals surface area (Å²) in [6.45, 7) is 8.73. The van der Waals surface area contributed by atoms with Crippen LogP contribution < -0.4 is 5.56 Å². The third-order valence-electron chi connectivity index (χ3n) is 6.75. The monoisotopic (exact) mass is 466 g/mol. The van der Waals surface area contributed by atoms with Gasteiger partial charge in [-0.15, -0.1) is 5.10 Å². The molecular formula is C25H34N6O3. The highest BCUT2D eigenvalue weighted by atomic mass is 16.5. The zero-order valence-corrected chi connectivity index (χ0v) is 20.5. The molecule has 4 rings (SSSR count). The van der Waals surface area contributed by atoms with Gasteiger partial charge in [0.05, 0.1) is 18.2 Å². The summed E-state index contributed by atoms with van der Waals surface area (Å²) >= 11 is 0. The molecular weight excluding hydrogens is 432 g/mol. The Balaban J connectivity index is 1.70. The van der Waals surface area contributed by atoms with E-state index in [9.17, 15) is 9.59 Å². The molecule has 1 saturated carbocycles. The zero-order chi connectivity index (χ0) is 24.2. The summed E-state index contributed by atoms with van der Waals surface area (Å²) in [7, 11) is 0. The van der Waals surface area contributed by atoms with Gasteiger partial charge >= 0.3 is 5.97 Å².